The van der Waals surface area contributed by atoms with E-state index >= 15 is 0 Å². The van der Waals surface area contributed by atoms with Gasteiger partial charge in [0, 0.05) is 18.7 Å². The zero-order valence-electron chi connectivity index (χ0n) is 13.7. The first-order valence-corrected chi connectivity index (χ1v) is 8.33. The van der Waals surface area contributed by atoms with Crippen molar-refractivity contribution in [1.29, 1.82) is 0 Å². The number of aliphatic hydroxyl groups excluding tert-OH is 1. The lowest BCUT2D eigenvalue weighted by Gasteiger charge is -2.30. The van der Waals surface area contributed by atoms with Crippen LogP contribution in [0.3, 0.4) is 0 Å². The van der Waals surface area contributed by atoms with E-state index in [1.54, 1.807) is 0 Å². The summed E-state index contributed by atoms with van der Waals surface area (Å²) in [5.41, 5.74) is -0.126. The molecule has 20 heavy (non-hydrogen) atoms. The maximum Gasteiger partial charge on any atom is 0.0702 e. The van der Waals surface area contributed by atoms with E-state index in [1.807, 2.05) is 0 Å². The van der Waals surface area contributed by atoms with E-state index in [2.05, 4.69) is 31.0 Å². The second kappa shape index (κ2) is 9.72. The Morgan fingerprint density at radius 2 is 2.20 bits per heavy atom. The maximum absolute atomic E-state index is 9.57. The molecule has 1 aliphatic rings. The first-order chi connectivity index (χ1) is 9.63. The van der Waals surface area contributed by atoms with E-state index < -0.39 is 0 Å². The molecule has 1 heterocycles. The van der Waals surface area contributed by atoms with E-state index in [1.165, 1.54) is 12.8 Å². The molecule has 120 valence electrons. The van der Waals surface area contributed by atoms with Gasteiger partial charge in [0.1, 0.15) is 0 Å². The second-order valence-electron chi connectivity index (χ2n) is 6.28. The van der Waals surface area contributed by atoms with E-state index in [4.69, 9.17) is 4.74 Å². The molecular weight excluding hydrogens is 252 g/mol. The van der Waals surface area contributed by atoms with Gasteiger partial charge in [0.2, 0.25) is 0 Å². The van der Waals surface area contributed by atoms with Crippen LogP contribution in [0.5, 0.6) is 0 Å². The number of likely N-dealkylation sites (N-methyl/N-ethyl adjacent to an activating group) is 1. The normalized spacial score (nSPS) is 22.4. The molecule has 2 atom stereocenters. The summed E-state index contributed by atoms with van der Waals surface area (Å²) >= 11 is 0. The topological polar surface area (TPSA) is 44.7 Å². The van der Waals surface area contributed by atoms with Gasteiger partial charge in [0.15, 0.2) is 0 Å². The molecule has 2 unspecified atom stereocenters. The Morgan fingerprint density at radius 3 is 2.75 bits per heavy atom. The van der Waals surface area contributed by atoms with Crippen LogP contribution in [0.15, 0.2) is 0 Å². The fourth-order valence-corrected chi connectivity index (χ4v) is 2.80. The van der Waals surface area contributed by atoms with Crippen molar-refractivity contribution in [2.45, 2.75) is 64.5 Å². The maximum atomic E-state index is 9.57. The number of nitrogens with one attached hydrogen (secondary N) is 1. The van der Waals surface area contributed by atoms with Gasteiger partial charge < -0.3 is 20.1 Å². The Bertz CT molecular complexity index is 245. The van der Waals surface area contributed by atoms with Crippen molar-refractivity contribution in [1.82, 2.24) is 10.2 Å². The van der Waals surface area contributed by atoms with Gasteiger partial charge in [-0.25, -0.2) is 0 Å². The molecule has 1 fully saturated rings. The number of ether oxygens (including phenoxy) is 1. The molecule has 4 heteroatoms. The molecule has 0 aromatic heterocycles. The van der Waals surface area contributed by atoms with E-state index in [9.17, 15) is 5.11 Å². The lowest BCUT2D eigenvalue weighted by molar-refractivity contribution is 0.0725. The molecule has 2 N–H and O–H groups in total. The Labute approximate surface area is 124 Å². The summed E-state index contributed by atoms with van der Waals surface area (Å²) in [6.07, 6.45) is 6.11. The lowest BCUT2D eigenvalue weighted by atomic mass is 9.96. The summed E-state index contributed by atoms with van der Waals surface area (Å²) in [4.78, 5) is 2.48. The van der Waals surface area contributed by atoms with Crippen molar-refractivity contribution in [3.05, 3.63) is 0 Å². The quantitative estimate of drug-likeness (QED) is 0.610. The molecule has 1 saturated heterocycles. The summed E-state index contributed by atoms with van der Waals surface area (Å²) in [6, 6.07) is 0. The standard InChI is InChI=1S/C16H34N2O2/c1-4-10-17-16(3,14-19)9-7-11-18(5-2)13-15-8-6-12-20-15/h15,17,19H,4-14H2,1-3H3. The molecule has 0 spiro atoms. The average Bonchev–Trinajstić information content (AvgIpc) is 2.97. The molecule has 0 saturated carbocycles. The van der Waals surface area contributed by atoms with Crippen molar-refractivity contribution in [2.24, 2.45) is 0 Å². The van der Waals surface area contributed by atoms with Gasteiger partial charge in [-0.3, -0.25) is 0 Å². The van der Waals surface area contributed by atoms with E-state index in [0.29, 0.717) is 6.10 Å². The van der Waals surface area contributed by atoms with Crippen LogP contribution >= 0.6 is 0 Å². The number of hydrogen-bond acceptors (Lipinski definition) is 4. The number of aliphatic hydroxyl groups is 1. The molecule has 1 rings (SSSR count). The highest BCUT2D eigenvalue weighted by Gasteiger charge is 2.23. The van der Waals surface area contributed by atoms with Crippen LogP contribution in [0.25, 0.3) is 0 Å². The summed E-state index contributed by atoms with van der Waals surface area (Å²) in [7, 11) is 0. The minimum absolute atomic E-state index is 0.126. The van der Waals surface area contributed by atoms with Crippen LogP contribution in [0.4, 0.5) is 0 Å². The fraction of sp³-hybridized carbons (Fsp3) is 1.00. The van der Waals surface area contributed by atoms with Gasteiger partial charge in [0.05, 0.1) is 12.7 Å². The molecule has 0 aromatic rings. The monoisotopic (exact) mass is 286 g/mol. The van der Waals surface area contributed by atoms with Crippen molar-refractivity contribution >= 4 is 0 Å². The summed E-state index contributed by atoms with van der Waals surface area (Å²) in [5, 5.41) is 13.0. The van der Waals surface area contributed by atoms with Gasteiger partial charge in [-0.1, -0.05) is 13.8 Å². The number of rotatable bonds is 11. The van der Waals surface area contributed by atoms with Crippen LogP contribution in [0.2, 0.25) is 0 Å². The van der Waals surface area contributed by atoms with Crippen molar-refractivity contribution in [3.8, 4) is 0 Å². The average molecular weight is 286 g/mol. The minimum atomic E-state index is -0.126. The van der Waals surface area contributed by atoms with Crippen molar-refractivity contribution < 1.29 is 9.84 Å². The number of hydrogen-bond donors (Lipinski definition) is 2. The fourth-order valence-electron chi connectivity index (χ4n) is 2.80. The third kappa shape index (κ3) is 6.53. The third-order valence-electron chi connectivity index (χ3n) is 4.29. The molecule has 4 nitrogen and oxygen atoms in total. The van der Waals surface area contributed by atoms with Crippen LogP contribution < -0.4 is 5.32 Å². The van der Waals surface area contributed by atoms with Crippen molar-refractivity contribution in [2.75, 3.05) is 39.4 Å². The zero-order chi connectivity index (χ0) is 14.8. The van der Waals surface area contributed by atoms with E-state index in [-0.39, 0.29) is 12.1 Å². The predicted octanol–water partition coefficient (Wildman–Crippen LogP) is 2.02. The molecule has 0 amide bonds. The molecule has 0 radical (unpaired) electrons. The first-order valence-electron chi connectivity index (χ1n) is 8.33. The van der Waals surface area contributed by atoms with Gasteiger partial charge in [-0.2, -0.15) is 0 Å². The lowest BCUT2D eigenvalue weighted by Crippen LogP contribution is -2.46. The molecule has 0 aromatic carbocycles. The second-order valence-corrected chi connectivity index (χ2v) is 6.28. The van der Waals surface area contributed by atoms with E-state index in [0.717, 1.165) is 52.0 Å². The molecule has 0 aliphatic carbocycles. The molecule has 1 aliphatic heterocycles. The minimum Gasteiger partial charge on any atom is -0.394 e. The number of nitrogens with zero attached hydrogens (tertiary/aromatic N) is 1. The van der Waals surface area contributed by atoms with Gasteiger partial charge in [-0.15, -0.1) is 0 Å². The Kier molecular flexibility index (Phi) is 8.69. The van der Waals surface area contributed by atoms with Crippen LogP contribution in [-0.2, 0) is 4.74 Å². The summed E-state index contributed by atoms with van der Waals surface area (Å²) < 4.78 is 5.71. The predicted molar refractivity (Wildman–Crippen MR) is 84.1 cm³/mol. The highest BCUT2D eigenvalue weighted by Crippen LogP contribution is 2.15. The molecular formula is C16H34N2O2. The molecule has 0 bridgehead atoms. The highest BCUT2D eigenvalue weighted by atomic mass is 16.5. The van der Waals surface area contributed by atoms with Crippen LogP contribution in [-0.4, -0.2) is 61.0 Å². The van der Waals surface area contributed by atoms with Gasteiger partial charge >= 0.3 is 0 Å². The van der Waals surface area contributed by atoms with Gasteiger partial charge in [0.25, 0.3) is 0 Å². The Morgan fingerprint density at radius 1 is 1.40 bits per heavy atom. The zero-order valence-corrected chi connectivity index (χ0v) is 13.7. The van der Waals surface area contributed by atoms with Crippen LogP contribution in [0, 0.1) is 0 Å². The first kappa shape index (κ1) is 17.9. The summed E-state index contributed by atoms with van der Waals surface area (Å²) in [5.74, 6) is 0. The SMILES string of the molecule is CCCNC(C)(CO)CCCN(CC)CC1CCCO1. The summed E-state index contributed by atoms with van der Waals surface area (Å²) in [6.45, 7) is 11.9. The van der Waals surface area contributed by atoms with Gasteiger partial charge in [-0.05, 0) is 58.7 Å². The Hall–Kier alpha value is -0.160. The Balaban J connectivity index is 2.24. The van der Waals surface area contributed by atoms with Crippen LogP contribution in [0.1, 0.15) is 52.9 Å². The van der Waals surface area contributed by atoms with Crippen molar-refractivity contribution in [3.63, 3.8) is 0 Å². The third-order valence-corrected chi connectivity index (χ3v) is 4.29. The smallest absolute Gasteiger partial charge is 0.0702 e. The largest absolute Gasteiger partial charge is 0.394 e. The highest BCUT2D eigenvalue weighted by molar-refractivity contribution is 4.82.